The SMILES string of the molecule is CNc1nccc(-c2[nH]c3c(c2Nc2cccc(F)c2C)C(=O)NCC3)c1OCC(C)(C)OC. The molecular weight excluding hydrogens is 437 g/mol. The van der Waals surface area contributed by atoms with E-state index in [4.69, 9.17) is 9.47 Å². The summed E-state index contributed by atoms with van der Waals surface area (Å²) in [6.07, 6.45) is 2.32. The molecule has 1 aliphatic heterocycles. The molecule has 8 nitrogen and oxygen atoms in total. The summed E-state index contributed by atoms with van der Waals surface area (Å²) in [4.78, 5) is 20.7. The van der Waals surface area contributed by atoms with E-state index in [2.05, 4.69) is 25.9 Å². The van der Waals surface area contributed by atoms with Crippen molar-refractivity contribution in [3.8, 4) is 17.0 Å². The number of anilines is 3. The van der Waals surface area contributed by atoms with E-state index in [1.807, 2.05) is 19.9 Å². The largest absolute Gasteiger partial charge is 0.486 e. The van der Waals surface area contributed by atoms with Crippen LogP contribution >= 0.6 is 0 Å². The topological polar surface area (TPSA) is 100 Å². The average Bonchev–Trinajstić information content (AvgIpc) is 3.19. The number of carbonyl (C=O) groups is 1. The summed E-state index contributed by atoms with van der Waals surface area (Å²) in [7, 11) is 3.40. The van der Waals surface area contributed by atoms with Gasteiger partial charge in [0, 0.05) is 55.8 Å². The molecule has 9 heteroatoms. The number of amides is 1. The molecule has 0 radical (unpaired) electrons. The fourth-order valence-corrected chi connectivity index (χ4v) is 3.86. The Morgan fingerprint density at radius 3 is 2.79 bits per heavy atom. The van der Waals surface area contributed by atoms with Crippen molar-refractivity contribution in [1.29, 1.82) is 0 Å². The van der Waals surface area contributed by atoms with Crippen LogP contribution in [0.25, 0.3) is 11.3 Å². The lowest BCUT2D eigenvalue weighted by molar-refractivity contribution is -0.0144. The van der Waals surface area contributed by atoms with Gasteiger partial charge in [0.2, 0.25) is 0 Å². The van der Waals surface area contributed by atoms with Crippen LogP contribution in [0.4, 0.5) is 21.6 Å². The molecule has 3 aromatic rings. The van der Waals surface area contributed by atoms with E-state index in [1.165, 1.54) is 6.07 Å². The molecule has 2 aromatic heterocycles. The Morgan fingerprint density at radius 1 is 1.26 bits per heavy atom. The van der Waals surface area contributed by atoms with Crippen molar-refractivity contribution in [2.24, 2.45) is 0 Å². The van der Waals surface area contributed by atoms with Crippen molar-refractivity contribution >= 4 is 23.1 Å². The zero-order valence-electron chi connectivity index (χ0n) is 20.1. The number of carbonyl (C=O) groups excluding carboxylic acids is 1. The third kappa shape index (κ3) is 4.43. The third-order valence-electron chi connectivity index (χ3n) is 6.02. The molecule has 0 aliphatic carbocycles. The van der Waals surface area contributed by atoms with E-state index in [-0.39, 0.29) is 18.3 Å². The summed E-state index contributed by atoms with van der Waals surface area (Å²) in [5, 5.41) is 9.29. The maximum absolute atomic E-state index is 14.3. The van der Waals surface area contributed by atoms with Gasteiger partial charge < -0.3 is 30.4 Å². The number of nitrogens with one attached hydrogen (secondary N) is 4. The molecule has 0 unspecified atom stereocenters. The molecule has 1 aliphatic rings. The highest BCUT2D eigenvalue weighted by Crippen LogP contribution is 2.43. The first kappa shape index (κ1) is 23.6. The second kappa shape index (κ2) is 9.34. The Hall–Kier alpha value is -3.59. The van der Waals surface area contributed by atoms with E-state index in [0.29, 0.717) is 58.3 Å². The van der Waals surface area contributed by atoms with Crippen molar-refractivity contribution in [1.82, 2.24) is 15.3 Å². The van der Waals surface area contributed by atoms with Crippen molar-refractivity contribution in [3.63, 3.8) is 0 Å². The van der Waals surface area contributed by atoms with Crippen LogP contribution in [0.1, 0.15) is 35.5 Å². The molecule has 1 aromatic carbocycles. The number of methoxy groups -OCH3 is 1. The van der Waals surface area contributed by atoms with Crippen LogP contribution in [0.5, 0.6) is 5.75 Å². The van der Waals surface area contributed by atoms with Crippen molar-refractivity contribution < 1.29 is 18.7 Å². The molecule has 4 N–H and O–H groups in total. The summed E-state index contributed by atoms with van der Waals surface area (Å²) in [5.41, 5.74) is 3.77. The number of pyridine rings is 1. The molecular formula is C25H30FN5O3. The second-order valence-corrected chi connectivity index (χ2v) is 8.81. The van der Waals surface area contributed by atoms with Crippen molar-refractivity contribution in [3.05, 3.63) is 53.1 Å². The number of benzene rings is 1. The Bertz CT molecular complexity index is 1220. The summed E-state index contributed by atoms with van der Waals surface area (Å²) >= 11 is 0. The van der Waals surface area contributed by atoms with Gasteiger partial charge in [-0.3, -0.25) is 4.79 Å². The first-order valence-corrected chi connectivity index (χ1v) is 11.2. The smallest absolute Gasteiger partial charge is 0.255 e. The third-order valence-corrected chi connectivity index (χ3v) is 6.02. The fourth-order valence-electron chi connectivity index (χ4n) is 3.86. The van der Waals surface area contributed by atoms with Crippen LogP contribution in [0, 0.1) is 12.7 Å². The van der Waals surface area contributed by atoms with Gasteiger partial charge in [-0.2, -0.15) is 0 Å². The van der Waals surface area contributed by atoms with Crippen LogP contribution in [0.3, 0.4) is 0 Å². The molecule has 0 spiro atoms. The molecule has 0 saturated heterocycles. The van der Waals surface area contributed by atoms with E-state index < -0.39 is 5.60 Å². The van der Waals surface area contributed by atoms with Crippen molar-refractivity contribution in [2.45, 2.75) is 32.8 Å². The quantitative estimate of drug-likeness (QED) is 0.392. The number of nitrogens with zero attached hydrogens (tertiary/aromatic N) is 1. The Morgan fingerprint density at radius 2 is 2.06 bits per heavy atom. The summed E-state index contributed by atoms with van der Waals surface area (Å²) in [5.74, 6) is 0.557. The Kier molecular flexibility index (Phi) is 6.47. The summed E-state index contributed by atoms with van der Waals surface area (Å²) < 4.78 is 26.0. The van der Waals surface area contributed by atoms with E-state index in [9.17, 15) is 9.18 Å². The summed E-state index contributed by atoms with van der Waals surface area (Å²) in [6, 6.07) is 6.66. The normalized spacial score (nSPS) is 13.3. The predicted octanol–water partition coefficient (Wildman–Crippen LogP) is 4.40. The first-order chi connectivity index (χ1) is 16.3. The van der Waals surface area contributed by atoms with Gasteiger partial charge in [0.05, 0.1) is 22.5 Å². The highest BCUT2D eigenvalue weighted by atomic mass is 19.1. The zero-order chi connectivity index (χ0) is 24.5. The maximum atomic E-state index is 14.3. The van der Waals surface area contributed by atoms with Gasteiger partial charge in [0.25, 0.3) is 5.91 Å². The van der Waals surface area contributed by atoms with Crippen LogP contribution in [0.15, 0.2) is 30.5 Å². The van der Waals surface area contributed by atoms with Crippen LogP contribution in [-0.4, -0.2) is 48.8 Å². The molecule has 34 heavy (non-hydrogen) atoms. The number of H-pyrrole nitrogens is 1. The molecule has 1 amide bonds. The number of rotatable bonds is 8. The number of aromatic amines is 1. The van der Waals surface area contributed by atoms with Crippen LogP contribution < -0.4 is 20.7 Å². The van der Waals surface area contributed by atoms with Gasteiger partial charge in [0.15, 0.2) is 11.6 Å². The molecule has 4 rings (SSSR count). The molecule has 0 fully saturated rings. The van der Waals surface area contributed by atoms with E-state index >= 15 is 0 Å². The number of hydrogen-bond acceptors (Lipinski definition) is 6. The minimum Gasteiger partial charge on any atom is -0.486 e. The number of halogens is 1. The summed E-state index contributed by atoms with van der Waals surface area (Å²) in [6.45, 7) is 6.37. The minimum absolute atomic E-state index is 0.189. The number of ether oxygens (including phenoxy) is 2. The monoisotopic (exact) mass is 467 g/mol. The standard InChI is InChI=1S/C25H30FN5O3/c1-14-16(26)7-6-8-17(14)30-21-19-18(10-12-29-24(19)32)31-20(21)15-9-11-28-23(27-4)22(15)34-13-25(2,3)33-5/h6-9,11,30-31H,10,12-13H2,1-5H3,(H,27,28)(H,29,32). The van der Waals surface area contributed by atoms with Gasteiger partial charge in [0.1, 0.15) is 12.4 Å². The van der Waals surface area contributed by atoms with Crippen molar-refractivity contribution in [2.75, 3.05) is 37.9 Å². The van der Waals surface area contributed by atoms with Crippen LogP contribution in [-0.2, 0) is 11.2 Å². The number of fused-ring (bicyclic) bond motifs is 1. The lowest BCUT2D eigenvalue weighted by Crippen LogP contribution is -2.31. The highest BCUT2D eigenvalue weighted by molar-refractivity contribution is 6.06. The lowest BCUT2D eigenvalue weighted by atomic mass is 10.0. The average molecular weight is 468 g/mol. The minimum atomic E-state index is -0.521. The fraction of sp³-hybridized carbons (Fsp3) is 0.360. The zero-order valence-corrected chi connectivity index (χ0v) is 20.1. The van der Waals surface area contributed by atoms with Gasteiger partial charge in [-0.1, -0.05) is 6.07 Å². The molecule has 0 saturated carbocycles. The number of aromatic nitrogens is 2. The van der Waals surface area contributed by atoms with E-state index in [1.54, 1.807) is 39.4 Å². The maximum Gasteiger partial charge on any atom is 0.255 e. The highest BCUT2D eigenvalue weighted by Gasteiger charge is 2.30. The van der Waals surface area contributed by atoms with Crippen LogP contribution in [0.2, 0.25) is 0 Å². The van der Waals surface area contributed by atoms with Gasteiger partial charge in [-0.25, -0.2) is 9.37 Å². The number of hydrogen-bond donors (Lipinski definition) is 4. The first-order valence-electron chi connectivity index (χ1n) is 11.2. The Balaban J connectivity index is 1.88. The van der Waals surface area contributed by atoms with E-state index in [0.717, 1.165) is 5.69 Å². The molecule has 180 valence electrons. The van der Waals surface area contributed by atoms with Gasteiger partial charge in [-0.15, -0.1) is 0 Å². The second-order valence-electron chi connectivity index (χ2n) is 8.81. The van der Waals surface area contributed by atoms with Gasteiger partial charge >= 0.3 is 0 Å². The van der Waals surface area contributed by atoms with Gasteiger partial charge in [-0.05, 0) is 39.0 Å². The molecule has 3 heterocycles. The molecule has 0 bridgehead atoms. The Labute approximate surface area is 198 Å². The molecule has 0 atom stereocenters. The lowest BCUT2D eigenvalue weighted by Gasteiger charge is -2.24. The predicted molar refractivity (Wildman–Crippen MR) is 131 cm³/mol.